The number of nitrogens with zero attached hydrogens (tertiary/aromatic N) is 2. The Kier molecular flexibility index (Phi) is 4.92. The summed E-state index contributed by atoms with van der Waals surface area (Å²) in [4.78, 5) is 9.01. The van der Waals surface area contributed by atoms with Gasteiger partial charge in [0, 0.05) is 16.8 Å². The number of aromatic nitrogens is 1. The molecule has 0 saturated heterocycles. The van der Waals surface area contributed by atoms with Crippen LogP contribution in [0.5, 0.6) is 0 Å². The number of benzene rings is 3. The number of hydrogen-bond acceptors (Lipinski definition) is 3. The molecule has 27 heavy (non-hydrogen) atoms. The molecule has 0 bridgehead atoms. The largest absolute Gasteiger partial charge is 0.436 e. The van der Waals surface area contributed by atoms with Crippen molar-refractivity contribution in [3.8, 4) is 11.5 Å². The Morgan fingerprint density at radius 3 is 2.59 bits per heavy atom. The number of halogens is 3. The molecule has 0 amide bonds. The van der Waals surface area contributed by atoms with Gasteiger partial charge in [0.15, 0.2) is 5.58 Å². The van der Waals surface area contributed by atoms with E-state index in [0.29, 0.717) is 32.2 Å². The van der Waals surface area contributed by atoms with Gasteiger partial charge in [-0.25, -0.2) is 4.98 Å². The Morgan fingerprint density at radius 2 is 1.78 bits per heavy atom. The Bertz CT molecular complexity index is 1180. The highest BCUT2D eigenvalue weighted by Gasteiger charge is 2.12. The van der Waals surface area contributed by atoms with E-state index in [4.69, 9.17) is 39.2 Å². The smallest absolute Gasteiger partial charge is 0.228 e. The molecular formula is C21H13Cl3N2O. The van der Waals surface area contributed by atoms with E-state index in [1.165, 1.54) is 0 Å². The molecule has 0 radical (unpaired) electrons. The zero-order valence-corrected chi connectivity index (χ0v) is 16.5. The van der Waals surface area contributed by atoms with Crippen LogP contribution in [0.1, 0.15) is 11.1 Å². The van der Waals surface area contributed by atoms with Gasteiger partial charge in [0.05, 0.1) is 21.3 Å². The Hall–Kier alpha value is -2.33. The van der Waals surface area contributed by atoms with Gasteiger partial charge in [0.25, 0.3) is 0 Å². The second kappa shape index (κ2) is 7.35. The Labute approximate surface area is 171 Å². The van der Waals surface area contributed by atoms with Crippen LogP contribution < -0.4 is 0 Å². The van der Waals surface area contributed by atoms with E-state index >= 15 is 0 Å². The molecule has 0 fully saturated rings. The summed E-state index contributed by atoms with van der Waals surface area (Å²) in [5, 5.41) is 1.66. The lowest BCUT2D eigenvalue weighted by Crippen LogP contribution is -1.83. The first-order chi connectivity index (χ1) is 13.0. The van der Waals surface area contributed by atoms with Crippen molar-refractivity contribution in [2.45, 2.75) is 6.92 Å². The lowest BCUT2D eigenvalue weighted by Gasteiger charge is -2.02. The van der Waals surface area contributed by atoms with Crippen molar-refractivity contribution in [3.05, 3.63) is 80.8 Å². The van der Waals surface area contributed by atoms with Crippen LogP contribution in [-0.2, 0) is 0 Å². The van der Waals surface area contributed by atoms with E-state index in [-0.39, 0.29) is 0 Å². The highest BCUT2D eigenvalue weighted by molar-refractivity contribution is 6.36. The third kappa shape index (κ3) is 3.86. The van der Waals surface area contributed by atoms with E-state index in [9.17, 15) is 0 Å². The van der Waals surface area contributed by atoms with Crippen molar-refractivity contribution in [2.75, 3.05) is 0 Å². The summed E-state index contributed by atoms with van der Waals surface area (Å²) in [6.07, 6.45) is 1.68. The molecule has 4 rings (SSSR count). The standard InChI is InChI=1S/C21H13Cl3N2O/c1-12-2-7-19-20(8-12)27-21(26-19)16-10-15(5-6-17(16)23)25-11-13-3-4-14(22)9-18(13)24/h2-11H,1H3. The fraction of sp³-hybridized carbons (Fsp3) is 0.0476. The van der Waals surface area contributed by atoms with Gasteiger partial charge in [-0.05, 0) is 55.0 Å². The first kappa shape index (κ1) is 18.1. The first-order valence-corrected chi connectivity index (χ1v) is 9.29. The quantitative estimate of drug-likeness (QED) is 0.325. The van der Waals surface area contributed by atoms with Gasteiger partial charge in [-0.1, -0.05) is 46.9 Å². The molecule has 0 spiro atoms. The molecule has 0 N–H and O–H groups in total. The van der Waals surface area contributed by atoms with Gasteiger partial charge in [0.1, 0.15) is 5.52 Å². The predicted octanol–water partition coefficient (Wildman–Crippen LogP) is 7.51. The molecule has 0 atom stereocenters. The SMILES string of the molecule is Cc1ccc2nc(-c3cc(N=Cc4ccc(Cl)cc4Cl)ccc3Cl)oc2c1. The van der Waals surface area contributed by atoms with Gasteiger partial charge in [-0.2, -0.15) is 0 Å². The van der Waals surface area contributed by atoms with Crippen molar-refractivity contribution in [2.24, 2.45) is 4.99 Å². The van der Waals surface area contributed by atoms with Crippen LogP contribution in [0.15, 0.2) is 64.0 Å². The van der Waals surface area contributed by atoms with Crippen molar-refractivity contribution >= 4 is 57.8 Å². The molecule has 0 aliphatic carbocycles. The van der Waals surface area contributed by atoms with Gasteiger partial charge in [0.2, 0.25) is 5.89 Å². The summed E-state index contributed by atoms with van der Waals surface area (Å²) < 4.78 is 5.88. The second-order valence-corrected chi connectivity index (χ2v) is 7.33. The molecule has 6 heteroatoms. The average Bonchev–Trinajstić information content (AvgIpc) is 3.05. The van der Waals surface area contributed by atoms with E-state index in [0.717, 1.165) is 22.2 Å². The van der Waals surface area contributed by atoms with Crippen LogP contribution >= 0.6 is 34.8 Å². The zero-order chi connectivity index (χ0) is 19.0. The molecule has 134 valence electrons. The number of fused-ring (bicyclic) bond motifs is 1. The summed E-state index contributed by atoms with van der Waals surface area (Å²) in [7, 11) is 0. The minimum atomic E-state index is 0.460. The number of aliphatic imine (C=N–C) groups is 1. The fourth-order valence-electron chi connectivity index (χ4n) is 2.65. The first-order valence-electron chi connectivity index (χ1n) is 8.16. The molecule has 0 aliphatic heterocycles. The van der Waals surface area contributed by atoms with Crippen LogP contribution in [-0.4, -0.2) is 11.2 Å². The van der Waals surface area contributed by atoms with Gasteiger partial charge in [-0.15, -0.1) is 0 Å². The summed E-state index contributed by atoms with van der Waals surface area (Å²) in [6.45, 7) is 2.01. The van der Waals surface area contributed by atoms with E-state index in [1.54, 1.807) is 24.4 Å². The molecule has 0 aliphatic rings. The lowest BCUT2D eigenvalue weighted by molar-refractivity contribution is 0.619. The Morgan fingerprint density at radius 1 is 0.926 bits per heavy atom. The molecule has 0 unspecified atom stereocenters. The monoisotopic (exact) mass is 414 g/mol. The van der Waals surface area contributed by atoms with Crippen molar-refractivity contribution in [3.63, 3.8) is 0 Å². The van der Waals surface area contributed by atoms with Crippen LogP contribution in [0, 0.1) is 6.92 Å². The number of hydrogen-bond donors (Lipinski definition) is 0. The summed E-state index contributed by atoms with van der Waals surface area (Å²) >= 11 is 18.5. The van der Waals surface area contributed by atoms with Gasteiger partial charge < -0.3 is 4.42 Å². The predicted molar refractivity (Wildman–Crippen MR) is 113 cm³/mol. The van der Waals surface area contributed by atoms with Gasteiger partial charge in [-0.3, -0.25) is 4.99 Å². The van der Waals surface area contributed by atoms with Gasteiger partial charge >= 0.3 is 0 Å². The van der Waals surface area contributed by atoms with E-state index < -0.39 is 0 Å². The normalized spacial score (nSPS) is 11.6. The molecule has 1 aromatic heterocycles. The van der Waals surface area contributed by atoms with Crippen LogP contribution in [0.3, 0.4) is 0 Å². The maximum absolute atomic E-state index is 6.36. The summed E-state index contributed by atoms with van der Waals surface area (Å²) in [5.74, 6) is 0.460. The number of rotatable bonds is 3. The van der Waals surface area contributed by atoms with E-state index in [2.05, 4.69) is 9.98 Å². The maximum Gasteiger partial charge on any atom is 0.228 e. The molecule has 3 nitrogen and oxygen atoms in total. The highest BCUT2D eigenvalue weighted by Crippen LogP contribution is 2.33. The van der Waals surface area contributed by atoms with Crippen LogP contribution in [0.2, 0.25) is 15.1 Å². The van der Waals surface area contributed by atoms with E-state index in [1.807, 2.05) is 43.3 Å². The average molecular weight is 416 g/mol. The van der Waals surface area contributed by atoms with Crippen LogP contribution in [0.25, 0.3) is 22.6 Å². The highest BCUT2D eigenvalue weighted by atomic mass is 35.5. The number of oxazole rings is 1. The minimum absolute atomic E-state index is 0.460. The molecule has 1 heterocycles. The third-order valence-electron chi connectivity index (χ3n) is 4.04. The summed E-state index contributed by atoms with van der Waals surface area (Å²) in [6, 6.07) is 16.5. The molecule has 3 aromatic carbocycles. The van der Waals surface area contributed by atoms with Crippen molar-refractivity contribution < 1.29 is 4.42 Å². The van der Waals surface area contributed by atoms with Crippen LogP contribution in [0.4, 0.5) is 5.69 Å². The molecular weight excluding hydrogens is 403 g/mol. The maximum atomic E-state index is 6.36. The van der Waals surface area contributed by atoms with Crippen molar-refractivity contribution in [1.29, 1.82) is 0 Å². The lowest BCUT2D eigenvalue weighted by atomic mass is 10.2. The Balaban J connectivity index is 1.71. The zero-order valence-electron chi connectivity index (χ0n) is 14.2. The second-order valence-electron chi connectivity index (χ2n) is 6.08. The molecule has 0 saturated carbocycles. The fourth-order valence-corrected chi connectivity index (χ4v) is 3.31. The molecule has 4 aromatic rings. The third-order valence-corrected chi connectivity index (χ3v) is 4.93. The topological polar surface area (TPSA) is 38.4 Å². The van der Waals surface area contributed by atoms with Crippen molar-refractivity contribution in [1.82, 2.24) is 4.98 Å². The summed E-state index contributed by atoms with van der Waals surface area (Å²) in [5.41, 5.74) is 4.78. The minimum Gasteiger partial charge on any atom is -0.436 e. The number of aryl methyl sites for hydroxylation is 1.